The summed E-state index contributed by atoms with van der Waals surface area (Å²) in [6.45, 7) is 6.40. The zero-order valence-electron chi connectivity index (χ0n) is 31.6. The lowest BCUT2D eigenvalue weighted by Gasteiger charge is -2.60. The summed E-state index contributed by atoms with van der Waals surface area (Å²) in [7, 11) is 6.08. The van der Waals surface area contributed by atoms with Gasteiger partial charge in [0.15, 0.2) is 28.8 Å². The molecule has 3 heterocycles. The van der Waals surface area contributed by atoms with Crippen molar-refractivity contribution in [2.45, 2.75) is 102 Å². The number of allylic oxidation sites excluding steroid dienone is 1. The Balaban J connectivity index is 1.05. The molecular weight excluding hydrogens is 684 g/mol. The minimum absolute atomic E-state index is 0.0741. The van der Waals surface area contributed by atoms with Gasteiger partial charge in [-0.15, -0.1) is 0 Å². The number of fused-ring (bicyclic) bond motifs is 3. The van der Waals surface area contributed by atoms with Crippen molar-refractivity contribution in [1.29, 1.82) is 0 Å². The molecule has 2 aromatic rings. The molecule has 53 heavy (non-hydrogen) atoms. The largest absolute Gasteiger partial charge is 0.493 e. The van der Waals surface area contributed by atoms with Crippen LogP contribution in [0.15, 0.2) is 30.3 Å². The van der Waals surface area contributed by atoms with E-state index in [2.05, 4.69) is 20.8 Å². The van der Waals surface area contributed by atoms with Crippen molar-refractivity contribution >= 4 is 23.3 Å². The predicted molar refractivity (Wildman–Crippen MR) is 191 cm³/mol. The first-order valence-electron chi connectivity index (χ1n) is 18.6. The lowest BCUT2D eigenvalue weighted by Crippen LogP contribution is -2.69. The number of hydrogen-bond donors (Lipinski definition) is 0. The van der Waals surface area contributed by atoms with Gasteiger partial charge in [-0.1, -0.05) is 19.9 Å². The van der Waals surface area contributed by atoms with Crippen LogP contribution in [0.3, 0.4) is 0 Å². The first-order chi connectivity index (χ1) is 25.4. The van der Waals surface area contributed by atoms with E-state index in [9.17, 15) is 14.4 Å². The number of benzene rings is 2. The van der Waals surface area contributed by atoms with E-state index in [0.717, 1.165) is 36.8 Å². The maximum atomic E-state index is 13.2. The van der Waals surface area contributed by atoms with Gasteiger partial charge in [-0.3, -0.25) is 14.4 Å². The van der Waals surface area contributed by atoms with Gasteiger partial charge in [0.1, 0.15) is 11.2 Å². The number of ether oxygens (including phenoxy) is 7. The smallest absolute Gasteiger partial charge is 0.311 e. The average Bonchev–Trinajstić information content (AvgIpc) is 3.48. The van der Waals surface area contributed by atoms with Gasteiger partial charge in [-0.2, -0.15) is 0 Å². The number of methoxy groups -OCH3 is 4. The zero-order valence-corrected chi connectivity index (χ0v) is 31.6. The van der Waals surface area contributed by atoms with Gasteiger partial charge >= 0.3 is 11.9 Å². The van der Waals surface area contributed by atoms with E-state index in [1.165, 1.54) is 21.3 Å². The predicted octanol–water partition coefficient (Wildman–Crippen LogP) is 6.56. The van der Waals surface area contributed by atoms with Crippen molar-refractivity contribution in [2.75, 3.05) is 28.4 Å². The molecule has 3 aliphatic carbocycles. The molecule has 12 heteroatoms. The Bertz CT molecular complexity index is 1800. The van der Waals surface area contributed by atoms with Gasteiger partial charge in [0.05, 0.1) is 47.4 Å². The highest BCUT2D eigenvalue weighted by Crippen LogP contribution is 2.61. The number of carbonyl (C=O) groups excluding carboxylic acids is 3. The van der Waals surface area contributed by atoms with Crippen LogP contribution < -0.4 is 23.7 Å². The van der Waals surface area contributed by atoms with Crippen LogP contribution in [-0.2, 0) is 40.1 Å². The van der Waals surface area contributed by atoms with E-state index >= 15 is 0 Å². The molecule has 12 nitrogen and oxygen atoms in total. The highest BCUT2D eigenvalue weighted by atomic mass is 17.2. The second-order valence-corrected chi connectivity index (χ2v) is 15.4. The summed E-state index contributed by atoms with van der Waals surface area (Å²) in [5, 5.41) is 0. The Hall–Kier alpha value is -4.13. The van der Waals surface area contributed by atoms with Crippen molar-refractivity contribution in [1.82, 2.24) is 0 Å². The number of rotatable bonds is 10. The van der Waals surface area contributed by atoms with E-state index in [1.807, 2.05) is 6.07 Å². The minimum Gasteiger partial charge on any atom is -0.493 e. The SMILES string of the molecule is COc1ccc(C2=CC(=O)CCc3c2cc(OC)c(OC)c3OC)cc1OC(=O)CCC(=O)OC1OC2CC3(C)CCC4C(C)CCC(C1C)C24OO3. The lowest BCUT2D eigenvalue weighted by molar-refractivity contribution is -0.494. The zero-order chi connectivity index (χ0) is 37.7. The fraction of sp³-hybridized carbons (Fsp3) is 0.585. The highest BCUT2D eigenvalue weighted by Gasteiger charge is 2.68. The highest BCUT2D eigenvalue weighted by molar-refractivity contribution is 6.03. The second-order valence-electron chi connectivity index (χ2n) is 15.4. The summed E-state index contributed by atoms with van der Waals surface area (Å²) in [6.07, 6.45) is 5.43. The molecule has 8 atom stereocenters. The number of carbonyl (C=O) groups is 3. The maximum absolute atomic E-state index is 13.2. The third kappa shape index (κ3) is 6.56. The summed E-state index contributed by atoms with van der Waals surface area (Å²) in [5.74, 6) is 1.34. The van der Waals surface area contributed by atoms with Crippen LogP contribution in [-0.4, -0.2) is 69.8 Å². The molecule has 1 spiro atoms. The normalized spacial score (nSPS) is 31.5. The summed E-state index contributed by atoms with van der Waals surface area (Å²) < 4.78 is 40.8. The fourth-order valence-electron chi connectivity index (χ4n) is 9.55. The summed E-state index contributed by atoms with van der Waals surface area (Å²) >= 11 is 0. The molecule has 8 unspecified atom stereocenters. The van der Waals surface area contributed by atoms with Crippen LogP contribution in [0, 0.1) is 23.7 Å². The molecular formula is C41H50O12. The Labute approximate surface area is 310 Å². The molecule has 2 bridgehead atoms. The molecule has 5 fully saturated rings. The number of ketones is 1. The van der Waals surface area contributed by atoms with Crippen LogP contribution in [0.4, 0.5) is 0 Å². The van der Waals surface area contributed by atoms with Gasteiger partial charge in [-0.25, -0.2) is 9.78 Å². The average molecular weight is 735 g/mol. The minimum atomic E-state index is -0.757. The molecule has 0 N–H and O–H groups in total. The maximum Gasteiger partial charge on any atom is 0.311 e. The van der Waals surface area contributed by atoms with Crippen molar-refractivity contribution < 1.29 is 57.3 Å². The van der Waals surface area contributed by atoms with Crippen molar-refractivity contribution in [2.24, 2.45) is 23.7 Å². The molecule has 3 aliphatic heterocycles. The third-order valence-corrected chi connectivity index (χ3v) is 12.3. The standard InChI is InChI=1S/C41H50O12/c1-22-8-12-30-23(2)39(50-34-21-40(3)17-16-29(22)41(30,34)53-52-40)51-36(44)15-14-35(43)49-32-18-24(9-13-31(32)45-4)27-19-25(42)10-11-26-28(27)20-33(46-5)38(48-7)37(26)47-6/h9,13,18-20,22-23,29-30,34,39H,8,10-12,14-17,21H2,1-7H3. The van der Waals surface area contributed by atoms with Crippen LogP contribution in [0.2, 0.25) is 0 Å². The first kappa shape index (κ1) is 37.2. The van der Waals surface area contributed by atoms with Crippen molar-refractivity contribution in [3.63, 3.8) is 0 Å². The van der Waals surface area contributed by atoms with Gasteiger partial charge in [0.2, 0.25) is 12.0 Å². The molecule has 286 valence electrons. The second kappa shape index (κ2) is 14.6. The van der Waals surface area contributed by atoms with Crippen LogP contribution in [0.1, 0.15) is 88.8 Å². The molecule has 0 radical (unpaired) electrons. The van der Waals surface area contributed by atoms with Crippen molar-refractivity contribution in [3.05, 3.63) is 47.0 Å². The molecule has 2 aromatic carbocycles. The van der Waals surface area contributed by atoms with Gasteiger partial charge in [0.25, 0.3) is 0 Å². The topological polar surface area (TPSA) is 134 Å². The van der Waals surface area contributed by atoms with E-state index < -0.39 is 29.4 Å². The van der Waals surface area contributed by atoms with E-state index in [4.69, 9.17) is 42.9 Å². The lowest BCUT2D eigenvalue weighted by atomic mass is 9.56. The Kier molecular flexibility index (Phi) is 10.2. The molecule has 3 saturated heterocycles. The molecule has 8 rings (SSSR count). The van der Waals surface area contributed by atoms with Gasteiger partial charge < -0.3 is 33.2 Å². The Morgan fingerprint density at radius 1 is 0.830 bits per heavy atom. The van der Waals surface area contributed by atoms with Crippen LogP contribution in [0.5, 0.6) is 28.7 Å². The molecule has 0 aromatic heterocycles. The van der Waals surface area contributed by atoms with E-state index in [-0.39, 0.29) is 48.7 Å². The quantitative estimate of drug-likeness (QED) is 0.149. The summed E-state index contributed by atoms with van der Waals surface area (Å²) in [6, 6.07) is 6.91. The number of hydrogen-bond acceptors (Lipinski definition) is 12. The fourth-order valence-corrected chi connectivity index (χ4v) is 9.55. The van der Waals surface area contributed by atoms with E-state index in [1.54, 1.807) is 31.4 Å². The third-order valence-electron chi connectivity index (χ3n) is 12.3. The monoisotopic (exact) mass is 734 g/mol. The molecule has 2 saturated carbocycles. The summed E-state index contributed by atoms with van der Waals surface area (Å²) in [4.78, 5) is 51.8. The van der Waals surface area contributed by atoms with Crippen molar-refractivity contribution in [3.8, 4) is 28.7 Å². The Morgan fingerprint density at radius 2 is 1.58 bits per heavy atom. The van der Waals surface area contributed by atoms with Gasteiger partial charge in [-0.05, 0) is 91.8 Å². The Morgan fingerprint density at radius 3 is 2.32 bits per heavy atom. The van der Waals surface area contributed by atoms with Crippen LogP contribution in [0.25, 0.3) is 5.57 Å². The summed E-state index contributed by atoms with van der Waals surface area (Å²) in [5.41, 5.74) is 1.72. The van der Waals surface area contributed by atoms with Crippen LogP contribution >= 0.6 is 0 Å². The molecule has 0 amide bonds. The first-order valence-corrected chi connectivity index (χ1v) is 18.6. The van der Waals surface area contributed by atoms with Gasteiger partial charge in [0, 0.05) is 30.2 Å². The molecule has 6 aliphatic rings. The number of esters is 2. The van der Waals surface area contributed by atoms with E-state index in [0.29, 0.717) is 58.8 Å².